The monoisotopic (exact) mass is 406 g/mol. The summed E-state index contributed by atoms with van der Waals surface area (Å²) in [5, 5.41) is 14.7. The Kier molecular flexibility index (Phi) is 7.99. The van der Waals surface area contributed by atoms with E-state index in [-0.39, 0.29) is 30.3 Å². The topological polar surface area (TPSA) is 52.6 Å². The Balaban J connectivity index is 0.00000225. The summed E-state index contributed by atoms with van der Waals surface area (Å²) in [6.07, 6.45) is 4.71. The zero-order chi connectivity index (χ0) is 17.1. The van der Waals surface area contributed by atoms with Crippen molar-refractivity contribution in [3.8, 4) is 0 Å². The average molecular weight is 408 g/mol. The van der Waals surface area contributed by atoms with Gasteiger partial charge in [0.25, 0.3) is 0 Å². The summed E-state index contributed by atoms with van der Waals surface area (Å²) in [4.78, 5) is 15.0. The Labute approximate surface area is 165 Å². The van der Waals surface area contributed by atoms with Crippen LogP contribution in [0.2, 0.25) is 10.0 Å². The van der Waals surface area contributed by atoms with E-state index in [0.29, 0.717) is 16.5 Å². The van der Waals surface area contributed by atoms with E-state index >= 15 is 0 Å². The molecule has 3 rings (SSSR count). The van der Waals surface area contributed by atoms with Crippen LogP contribution < -0.4 is 5.32 Å². The molecule has 0 amide bonds. The minimum Gasteiger partial charge on any atom is -0.378 e. The van der Waals surface area contributed by atoms with E-state index in [1.807, 2.05) is 11.0 Å². The number of halogens is 3. The lowest BCUT2D eigenvalue weighted by atomic mass is 9.91. The number of carbonyl (C=O) groups excluding carboxylic acids is 1. The van der Waals surface area contributed by atoms with Crippen LogP contribution >= 0.6 is 35.6 Å². The number of hydrogen-bond donors (Lipinski definition) is 2. The third-order valence-corrected chi connectivity index (χ3v) is 5.78. The third kappa shape index (κ3) is 5.09. The molecule has 2 N–H and O–H groups in total. The molecule has 4 nitrogen and oxygen atoms in total. The fraction of sp³-hybridized carbons (Fsp3) is 0.611. The van der Waals surface area contributed by atoms with Crippen LogP contribution in [0.25, 0.3) is 0 Å². The zero-order valence-corrected chi connectivity index (χ0v) is 16.4. The van der Waals surface area contributed by atoms with Gasteiger partial charge in [0.1, 0.15) is 6.23 Å². The average Bonchev–Trinajstić information content (AvgIpc) is 2.98. The predicted molar refractivity (Wildman–Crippen MR) is 104 cm³/mol. The van der Waals surface area contributed by atoms with Gasteiger partial charge in [0.15, 0.2) is 5.78 Å². The number of aliphatic hydroxyl groups is 1. The van der Waals surface area contributed by atoms with Gasteiger partial charge in [0.2, 0.25) is 0 Å². The molecule has 1 aromatic rings. The number of piperidine rings is 1. The number of hydrogen-bond acceptors (Lipinski definition) is 4. The van der Waals surface area contributed by atoms with Crippen molar-refractivity contribution >= 4 is 41.4 Å². The van der Waals surface area contributed by atoms with E-state index in [4.69, 9.17) is 23.2 Å². The second-order valence-corrected chi connectivity index (χ2v) is 7.57. The number of carbonyl (C=O) groups is 1. The third-order valence-electron chi connectivity index (χ3n) is 5.04. The van der Waals surface area contributed by atoms with Crippen molar-refractivity contribution in [2.45, 2.75) is 56.8 Å². The molecule has 1 unspecified atom stereocenters. The zero-order valence-electron chi connectivity index (χ0n) is 14.1. The molecule has 2 saturated heterocycles. The van der Waals surface area contributed by atoms with Gasteiger partial charge in [-0.15, -0.1) is 12.4 Å². The Bertz CT molecular complexity index is 594. The van der Waals surface area contributed by atoms with Crippen molar-refractivity contribution in [2.75, 3.05) is 13.1 Å². The van der Waals surface area contributed by atoms with Crippen LogP contribution in [0.3, 0.4) is 0 Å². The first-order valence-corrected chi connectivity index (χ1v) is 9.45. The van der Waals surface area contributed by atoms with Crippen LogP contribution in [0.15, 0.2) is 18.2 Å². The first kappa shape index (κ1) is 20.9. The van der Waals surface area contributed by atoms with Crippen LogP contribution in [0.1, 0.15) is 37.7 Å². The maximum absolute atomic E-state index is 13.1. The molecule has 1 aromatic carbocycles. The van der Waals surface area contributed by atoms with Crippen molar-refractivity contribution in [1.29, 1.82) is 0 Å². The molecule has 2 fully saturated rings. The normalized spacial score (nSPS) is 25.4. The predicted octanol–water partition coefficient (Wildman–Crippen LogP) is 3.45. The SMILES string of the molecule is Cl.O=C(Cc1ccc(Cl)c(Cl)c1)[C@H](C1CCCCN1)N1CCC[C@@H]1O. The molecule has 25 heavy (non-hydrogen) atoms. The Morgan fingerprint density at radius 3 is 2.64 bits per heavy atom. The molecule has 140 valence electrons. The summed E-state index contributed by atoms with van der Waals surface area (Å²) in [6, 6.07) is 5.16. The van der Waals surface area contributed by atoms with Crippen molar-refractivity contribution in [3.63, 3.8) is 0 Å². The number of ketones is 1. The van der Waals surface area contributed by atoms with Crippen LogP contribution in [0, 0.1) is 0 Å². The molecular weight excluding hydrogens is 383 g/mol. The minimum absolute atomic E-state index is 0. The summed E-state index contributed by atoms with van der Waals surface area (Å²) in [5.74, 6) is 0.133. The quantitative estimate of drug-likeness (QED) is 0.785. The molecule has 2 aliphatic rings. The van der Waals surface area contributed by atoms with Gasteiger partial charge >= 0.3 is 0 Å². The molecule has 0 saturated carbocycles. The largest absolute Gasteiger partial charge is 0.378 e. The maximum atomic E-state index is 13.1. The lowest BCUT2D eigenvalue weighted by Crippen LogP contribution is -2.57. The van der Waals surface area contributed by atoms with Crippen molar-refractivity contribution in [1.82, 2.24) is 10.2 Å². The van der Waals surface area contributed by atoms with E-state index in [0.717, 1.165) is 50.8 Å². The highest BCUT2D eigenvalue weighted by molar-refractivity contribution is 6.42. The molecule has 0 radical (unpaired) electrons. The lowest BCUT2D eigenvalue weighted by molar-refractivity contribution is -0.128. The molecule has 2 heterocycles. The highest BCUT2D eigenvalue weighted by Crippen LogP contribution is 2.26. The van der Waals surface area contributed by atoms with Crippen LogP contribution in [0.5, 0.6) is 0 Å². The smallest absolute Gasteiger partial charge is 0.155 e. The maximum Gasteiger partial charge on any atom is 0.155 e. The second-order valence-electron chi connectivity index (χ2n) is 6.75. The Morgan fingerprint density at radius 2 is 2.04 bits per heavy atom. The van der Waals surface area contributed by atoms with E-state index < -0.39 is 6.23 Å². The summed E-state index contributed by atoms with van der Waals surface area (Å²) >= 11 is 12.0. The van der Waals surface area contributed by atoms with Crippen LogP contribution in [-0.4, -0.2) is 47.2 Å². The number of nitrogens with one attached hydrogen (secondary N) is 1. The lowest BCUT2D eigenvalue weighted by Gasteiger charge is -2.37. The molecule has 0 aromatic heterocycles. The van der Waals surface area contributed by atoms with Gasteiger partial charge in [0, 0.05) is 19.0 Å². The fourth-order valence-electron chi connectivity index (χ4n) is 3.84. The number of rotatable bonds is 5. The van der Waals surface area contributed by atoms with Gasteiger partial charge in [-0.3, -0.25) is 9.69 Å². The van der Waals surface area contributed by atoms with E-state index in [1.54, 1.807) is 12.1 Å². The van der Waals surface area contributed by atoms with Crippen molar-refractivity contribution in [3.05, 3.63) is 33.8 Å². The van der Waals surface area contributed by atoms with Crippen molar-refractivity contribution < 1.29 is 9.90 Å². The number of aliphatic hydroxyl groups excluding tert-OH is 1. The van der Waals surface area contributed by atoms with E-state index in [1.165, 1.54) is 0 Å². The highest BCUT2D eigenvalue weighted by atomic mass is 35.5. The van der Waals surface area contributed by atoms with E-state index in [9.17, 15) is 9.90 Å². The van der Waals surface area contributed by atoms with Gasteiger partial charge in [-0.25, -0.2) is 0 Å². The van der Waals surface area contributed by atoms with Gasteiger partial charge < -0.3 is 10.4 Å². The second kappa shape index (κ2) is 9.54. The summed E-state index contributed by atoms with van der Waals surface area (Å²) < 4.78 is 0. The standard InChI is InChI=1S/C18H24Cl2N2O2.ClH/c19-13-7-6-12(10-14(13)20)11-16(23)18(15-4-1-2-8-21-15)22-9-3-5-17(22)24;/h6-7,10,15,17-18,21,24H,1-5,8-9,11H2;1H/t15?,17-,18-;/m0./s1. The Hall–Kier alpha value is -0.360. The van der Waals surface area contributed by atoms with Gasteiger partial charge in [-0.2, -0.15) is 0 Å². The molecule has 0 spiro atoms. The fourth-order valence-corrected chi connectivity index (χ4v) is 4.16. The molecular formula is C18H25Cl3N2O2. The summed E-state index contributed by atoms with van der Waals surface area (Å²) in [5.41, 5.74) is 0.865. The number of nitrogens with zero attached hydrogens (tertiary/aromatic N) is 1. The number of likely N-dealkylation sites (tertiary alicyclic amines) is 1. The summed E-state index contributed by atoms with van der Waals surface area (Å²) in [7, 11) is 0. The van der Waals surface area contributed by atoms with Gasteiger partial charge in [-0.05, 0) is 49.9 Å². The molecule has 0 aliphatic carbocycles. The Morgan fingerprint density at radius 1 is 1.24 bits per heavy atom. The van der Waals surface area contributed by atoms with E-state index in [2.05, 4.69) is 5.32 Å². The molecule has 3 atom stereocenters. The molecule has 2 aliphatic heterocycles. The van der Waals surface area contributed by atoms with Crippen molar-refractivity contribution in [2.24, 2.45) is 0 Å². The minimum atomic E-state index is -0.517. The first-order valence-electron chi connectivity index (χ1n) is 8.70. The van der Waals surface area contributed by atoms with Crippen LogP contribution in [-0.2, 0) is 11.2 Å². The van der Waals surface area contributed by atoms with Gasteiger partial charge in [0.05, 0.1) is 16.1 Å². The highest BCUT2D eigenvalue weighted by Gasteiger charge is 2.39. The van der Waals surface area contributed by atoms with Crippen LogP contribution in [0.4, 0.5) is 0 Å². The number of Topliss-reactive ketones (excluding diaryl/α,β-unsaturated/α-hetero) is 1. The number of benzene rings is 1. The molecule has 7 heteroatoms. The van der Waals surface area contributed by atoms with Gasteiger partial charge in [-0.1, -0.05) is 35.7 Å². The first-order chi connectivity index (χ1) is 11.6. The summed E-state index contributed by atoms with van der Waals surface area (Å²) in [6.45, 7) is 1.71. The molecule has 0 bridgehead atoms.